The molecule has 0 spiro atoms. The van der Waals surface area contributed by atoms with Crippen molar-refractivity contribution >= 4 is 24.1 Å². The second kappa shape index (κ2) is 7.40. The Morgan fingerprint density at radius 2 is 2.21 bits per heavy atom. The first-order valence-corrected chi connectivity index (χ1v) is 6.27. The Morgan fingerprint density at radius 1 is 1.42 bits per heavy atom. The number of carbonyl (C=O) groups is 1. The lowest BCUT2D eigenvalue weighted by Crippen LogP contribution is -2.40. The molecule has 6 heteroatoms. The van der Waals surface area contributed by atoms with E-state index in [-0.39, 0.29) is 24.4 Å². The molecule has 1 aliphatic rings. The fourth-order valence-electron chi connectivity index (χ4n) is 2.06. The summed E-state index contributed by atoms with van der Waals surface area (Å²) in [5.41, 5.74) is 0.852. The Labute approximate surface area is 118 Å². The second-order valence-electron chi connectivity index (χ2n) is 4.62. The van der Waals surface area contributed by atoms with Gasteiger partial charge in [0.2, 0.25) is 5.91 Å². The number of pyridine rings is 1. The molecular weight excluding hydrogens is 269 g/mol. The van der Waals surface area contributed by atoms with E-state index in [1.807, 2.05) is 19.1 Å². The number of rotatable bonds is 2. The molecule has 1 unspecified atom stereocenters. The maximum absolute atomic E-state index is 13.2. The Kier molecular flexibility index (Phi) is 6.18. The third-order valence-electron chi connectivity index (χ3n) is 3.07. The second-order valence-corrected chi connectivity index (χ2v) is 4.62. The van der Waals surface area contributed by atoms with Gasteiger partial charge in [0, 0.05) is 5.69 Å². The summed E-state index contributed by atoms with van der Waals surface area (Å²) in [6, 6.07) is 5.14. The number of nitrogens with zero attached hydrogens (tertiary/aromatic N) is 1. The smallest absolute Gasteiger partial charge is 0.242 e. The van der Waals surface area contributed by atoms with Crippen LogP contribution in [-0.2, 0) is 4.79 Å². The molecule has 1 fully saturated rings. The van der Waals surface area contributed by atoms with Crippen molar-refractivity contribution in [2.24, 2.45) is 0 Å². The maximum atomic E-state index is 13.2. The first kappa shape index (κ1) is 15.9. The lowest BCUT2D eigenvalue weighted by molar-refractivity contribution is -0.118. The SMILES string of the molecule is Cc1cccc(NC(=O)[C@@H]2CCC(F)CCN2)n1.Cl. The van der Waals surface area contributed by atoms with Crippen molar-refractivity contribution in [3.63, 3.8) is 0 Å². The van der Waals surface area contributed by atoms with Gasteiger partial charge in [-0.2, -0.15) is 0 Å². The molecule has 0 saturated carbocycles. The van der Waals surface area contributed by atoms with E-state index >= 15 is 0 Å². The average Bonchev–Trinajstić information content (AvgIpc) is 2.54. The number of aromatic nitrogens is 1. The van der Waals surface area contributed by atoms with Crippen LogP contribution in [0, 0.1) is 6.92 Å². The van der Waals surface area contributed by atoms with Crippen LogP contribution in [0.5, 0.6) is 0 Å². The van der Waals surface area contributed by atoms with E-state index in [0.717, 1.165) is 5.69 Å². The highest BCUT2D eigenvalue weighted by molar-refractivity contribution is 5.94. The molecule has 0 radical (unpaired) electrons. The number of hydrogen-bond acceptors (Lipinski definition) is 3. The lowest BCUT2D eigenvalue weighted by atomic mass is 10.1. The van der Waals surface area contributed by atoms with E-state index in [1.54, 1.807) is 6.07 Å². The molecule has 106 valence electrons. The van der Waals surface area contributed by atoms with Crippen molar-refractivity contribution in [1.82, 2.24) is 10.3 Å². The minimum absolute atomic E-state index is 0. The summed E-state index contributed by atoms with van der Waals surface area (Å²) in [6.07, 6.45) is 0.643. The van der Waals surface area contributed by atoms with Crippen molar-refractivity contribution in [3.05, 3.63) is 23.9 Å². The predicted molar refractivity (Wildman–Crippen MR) is 75.4 cm³/mol. The molecule has 1 saturated heterocycles. The van der Waals surface area contributed by atoms with Crippen molar-refractivity contribution in [3.8, 4) is 0 Å². The third kappa shape index (κ3) is 4.76. The van der Waals surface area contributed by atoms with E-state index in [0.29, 0.717) is 31.6 Å². The molecular formula is C13H19ClFN3O. The van der Waals surface area contributed by atoms with Crippen molar-refractivity contribution in [2.75, 3.05) is 11.9 Å². The fourth-order valence-corrected chi connectivity index (χ4v) is 2.06. The number of carbonyl (C=O) groups excluding carboxylic acids is 1. The van der Waals surface area contributed by atoms with Crippen molar-refractivity contribution < 1.29 is 9.18 Å². The van der Waals surface area contributed by atoms with Crippen LogP contribution in [0.2, 0.25) is 0 Å². The quantitative estimate of drug-likeness (QED) is 0.877. The molecule has 0 aromatic carbocycles. The minimum atomic E-state index is -0.799. The van der Waals surface area contributed by atoms with Crippen LogP contribution >= 0.6 is 12.4 Å². The highest BCUT2D eigenvalue weighted by atomic mass is 35.5. The molecule has 1 amide bonds. The number of halogens is 2. The van der Waals surface area contributed by atoms with Gasteiger partial charge in [0.05, 0.1) is 6.04 Å². The highest BCUT2D eigenvalue weighted by Gasteiger charge is 2.23. The van der Waals surface area contributed by atoms with Crippen LogP contribution < -0.4 is 10.6 Å². The van der Waals surface area contributed by atoms with Crippen molar-refractivity contribution in [2.45, 2.75) is 38.4 Å². The van der Waals surface area contributed by atoms with Crippen LogP contribution in [0.1, 0.15) is 25.0 Å². The number of alkyl halides is 1. The number of hydrogen-bond donors (Lipinski definition) is 2. The van der Waals surface area contributed by atoms with Gasteiger partial charge in [0.1, 0.15) is 12.0 Å². The number of nitrogens with one attached hydrogen (secondary N) is 2. The van der Waals surface area contributed by atoms with Gasteiger partial charge in [-0.15, -0.1) is 12.4 Å². The molecule has 2 atom stereocenters. The first-order chi connectivity index (χ1) is 8.65. The Morgan fingerprint density at radius 3 is 2.95 bits per heavy atom. The standard InChI is InChI=1S/C13H18FN3O.ClH/c1-9-3-2-4-12(16-9)17-13(18)11-6-5-10(14)7-8-15-11;/h2-4,10-11,15H,5-8H2,1H3,(H,16,17,18);1H/t10?,11-;/m0./s1. The van der Waals surface area contributed by atoms with E-state index in [4.69, 9.17) is 0 Å². The van der Waals surface area contributed by atoms with Crippen LogP contribution in [0.15, 0.2) is 18.2 Å². The summed E-state index contributed by atoms with van der Waals surface area (Å²) < 4.78 is 13.2. The summed E-state index contributed by atoms with van der Waals surface area (Å²) in [5.74, 6) is 0.407. The van der Waals surface area contributed by atoms with Gasteiger partial charge in [0.25, 0.3) is 0 Å². The zero-order valence-electron chi connectivity index (χ0n) is 10.9. The maximum Gasteiger partial charge on any atom is 0.242 e. The molecule has 2 rings (SSSR count). The zero-order chi connectivity index (χ0) is 13.0. The summed E-state index contributed by atoms with van der Waals surface area (Å²) >= 11 is 0. The normalized spacial score (nSPS) is 23.1. The third-order valence-corrected chi connectivity index (χ3v) is 3.07. The monoisotopic (exact) mass is 287 g/mol. The number of anilines is 1. The zero-order valence-corrected chi connectivity index (χ0v) is 11.7. The molecule has 2 N–H and O–H groups in total. The number of aryl methyl sites for hydroxylation is 1. The summed E-state index contributed by atoms with van der Waals surface area (Å²) in [7, 11) is 0. The molecule has 1 aromatic rings. The Bertz CT molecular complexity index is 430. The molecule has 1 aliphatic heterocycles. The van der Waals surface area contributed by atoms with Gasteiger partial charge < -0.3 is 10.6 Å². The van der Waals surface area contributed by atoms with E-state index in [2.05, 4.69) is 15.6 Å². The van der Waals surface area contributed by atoms with Crippen molar-refractivity contribution in [1.29, 1.82) is 0 Å². The Hall–Kier alpha value is -1.20. The molecule has 2 heterocycles. The predicted octanol–water partition coefficient (Wildman–Crippen LogP) is 2.23. The largest absolute Gasteiger partial charge is 0.309 e. The molecule has 0 bridgehead atoms. The van der Waals surface area contributed by atoms with Gasteiger partial charge in [0.15, 0.2) is 0 Å². The van der Waals surface area contributed by atoms with Crippen LogP contribution in [0.3, 0.4) is 0 Å². The van der Waals surface area contributed by atoms with Crippen LogP contribution in [0.4, 0.5) is 10.2 Å². The minimum Gasteiger partial charge on any atom is -0.309 e. The topological polar surface area (TPSA) is 54.0 Å². The van der Waals surface area contributed by atoms with Crippen LogP contribution in [-0.4, -0.2) is 29.6 Å². The van der Waals surface area contributed by atoms with E-state index < -0.39 is 6.17 Å². The van der Waals surface area contributed by atoms with Gasteiger partial charge in [-0.3, -0.25) is 4.79 Å². The highest BCUT2D eigenvalue weighted by Crippen LogP contribution is 2.14. The van der Waals surface area contributed by atoms with Gasteiger partial charge in [-0.25, -0.2) is 9.37 Å². The molecule has 0 aliphatic carbocycles. The molecule has 1 aromatic heterocycles. The van der Waals surface area contributed by atoms with E-state index in [1.165, 1.54) is 0 Å². The lowest BCUT2D eigenvalue weighted by Gasteiger charge is -2.15. The number of amides is 1. The first-order valence-electron chi connectivity index (χ1n) is 6.27. The van der Waals surface area contributed by atoms with Crippen LogP contribution in [0.25, 0.3) is 0 Å². The fraction of sp³-hybridized carbons (Fsp3) is 0.538. The summed E-state index contributed by atoms with van der Waals surface area (Å²) in [6.45, 7) is 2.41. The Balaban J connectivity index is 0.00000180. The summed E-state index contributed by atoms with van der Waals surface area (Å²) in [5, 5.41) is 5.83. The van der Waals surface area contributed by atoms with E-state index in [9.17, 15) is 9.18 Å². The van der Waals surface area contributed by atoms with Gasteiger partial charge >= 0.3 is 0 Å². The average molecular weight is 288 g/mol. The van der Waals surface area contributed by atoms with Gasteiger partial charge in [-0.1, -0.05) is 6.07 Å². The summed E-state index contributed by atoms with van der Waals surface area (Å²) in [4.78, 5) is 16.2. The molecule has 19 heavy (non-hydrogen) atoms. The van der Waals surface area contributed by atoms with Gasteiger partial charge in [-0.05, 0) is 44.9 Å². The molecule has 4 nitrogen and oxygen atoms in total.